The van der Waals surface area contributed by atoms with Crippen LogP contribution < -0.4 is 0 Å². The van der Waals surface area contributed by atoms with Crippen molar-refractivity contribution >= 4 is 41.7 Å². The van der Waals surface area contributed by atoms with E-state index in [0.717, 1.165) is 11.8 Å². The van der Waals surface area contributed by atoms with Gasteiger partial charge in [-0.1, -0.05) is 35.5 Å². The van der Waals surface area contributed by atoms with E-state index < -0.39 is 24.1 Å². The highest BCUT2D eigenvalue weighted by Crippen LogP contribution is 2.39. The second-order valence-electron chi connectivity index (χ2n) is 6.72. The van der Waals surface area contributed by atoms with Gasteiger partial charge in [0.2, 0.25) is 0 Å². The third kappa shape index (κ3) is 4.23. The Hall–Kier alpha value is -0.815. The van der Waals surface area contributed by atoms with E-state index >= 15 is 0 Å². The summed E-state index contributed by atoms with van der Waals surface area (Å²) in [5.41, 5.74) is -0.0956. The lowest BCUT2D eigenvalue weighted by molar-refractivity contribution is -0.109. The number of carbonyl (C=O) groups is 1. The van der Waals surface area contributed by atoms with Crippen LogP contribution in [0.25, 0.3) is 6.08 Å². The molecule has 0 saturated carbocycles. The Morgan fingerprint density at radius 3 is 2.38 bits per heavy atom. The monoisotopic (exact) mass is 370 g/mol. The number of halogens is 2. The molecule has 0 radical (unpaired) electrons. The van der Waals surface area contributed by atoms with Crippen LogP contribution in [0.2, 0.25) is 5.02 Å². The van der Waals surface area contributed by atoms with Crippen LogP contribution in [0.15, 0.2) is 23.7 Å². The fourth-order valence-electron chi connectivity index (χ4n) is 2.19. The van der Waals surface area contributed by atoms with E-state index in [9.17, 15) is 9.18 Å². The Bertz CT molecular complexity index is 640. The minimum absolute atomic E-state index is 0.0305. The first-order chi connectivity index (χ1) is 11.0. The molecule has 1 aromatic carbocycles. The van der Waals surface area contributed by atoms with E-state index in [1.54, 1.807) is 18.2 Å². The van der Waals surface area contributed by atoms with Crippen molar-refractivity contribution < 1.29 is 18.5 Å². The quantitative estimate of drug-likeness (QED) is 0.715. The van der Waals surface area contributed by atoms with Gasteiger partial charge in [0.1, 0.15) is 5.82 Å². The summed E-state index contributed by atoms with van der Waals surface area (Å²) in [4.78, 5) is 11.4. The fourth-order valence-corrected chi connectivity index (χ4v) is 3.00. The third-order valence-electron chi connectivity index (χ3n) is 4.33. The summed E-state index contributed by atoms with van der Waals surface area (Å²) in [6.07, 6.45) is 1.62. The molecule has 2 rings (SSSR count). The normalized spacial score (nSPS) is 19.6. The van der Waals surface area contributed by atoms with Crippen LogP contribution in [0.1, 0.15) is 40.2 Å². The third-order valence-corrected chi connectivity index (χ3v) is 5.54. The Morgan fingerprint density at radius 1 is 1.29 bits per heavy atom. The van der Waals surface area contributed by atoms with Crippen LogP contribution in [0.3, 0.4) is 0 Å². The molecule has 1 heterocycles. The molecule has 7 heteroatoms. The van der Waals surface area contributed by atoms with Crippen LogP contribution in [0, 0.1) is 5.82 Å². The van der Waals surface area contributed by atoms with Crippen molar-refractivity contribution in [2.45, 2.75) is 45.8 Å². The van der Waals surface area contributed by atoms with Crippen molar-refractivity contribution in [3.05, 3.63) is 40.1 Å². The van der Waals surface area contributed by atoms with E-state index in [1.165, 1.54) is 13.0 Å². The molecule has 0 spiro atoms. The summed E-state index contributed by atoms with van der Waals surface area (Å²) in [6.45, 7) is 9.26. The lowest BCUT2D eigenvalue weighted by Crippen LogP contribution is -2.41. The maximum atomic E-state index is 14.1. The Balaban J connectivity index is 2.39. The van der Waals surface area contributed by atoms with Gasteiger partial charge in [0.15, 0.2) is 5.12 Å². The maximum absolute atomic E-state index is 14.1. The molecule has 0 N–H and O–H groups in total. The van der Waals surface area contributed by atoms with Gasteiger partial charge >= 0.3 is 7.12 Å². The zero-order valence-corrected chi connectivity index (χ0v) is 16.1. The Labute approximate surface area is 152 Å². The molecule has 1 saturated heterocycles. The molecule has 0 unspecified atom stereocenters. The van der Waals surface area contributed by atoms with Crippen molar-refractivity contribution in [2.75, 3.05) is 5.75 Å². The number of carbonyl (C=O) groups excluding carboxylic acids is 1. The number of benzene rings is 1. The van der Waals surface area contributed by atoms with Crippen molar-refractivity contribution in [3.63, 3.8) is 0 Å². The molecule has 0 aromatic heterocycles. The molecule has 3 nitrogen and oxygen atoms in total. The van der Waals surface area contributed by atoms with Gasteiger partial charge in [-0.25, -0.2) is 4.39 Å². The van der Waals surface area contributed by atoms with E-state index in [0.29, 0.717) is 16.2 Å². The fraction of sp³-hybridized carbons (Fsp3) is 0.471. The molecule has 1 aliphatic heterocycles. The minimum Gasteiger partial charge on any atom is -0.400 e. The molecular formula is C17H21BClFO3S. The zero-order chi connectivity index (χ0) is 18.1. The van der Waals surface area contributed by atoms with Crippen LogP contribution >= 0.6 is 23.4 Å². The summed E-state index contributed by atoms with van der Waals surface area (Å²) in [7, 11) is -0.655. The second kappa shape index (κ2) is 7.20. The molecule has 1 fully saturated rings. The van der Waals surface area contributed by atoms with Gasteiger partial charge < -0.3 is 9.31 Å². The smallest absolute Gasteiger partial charge is 0.400 e. The summed E-state index contributed by atoms with van der Waals surface area (Å²) in [5.74, 6) is -0.0825. The first kappa shape index (κ1) is 19.5. The molecule has 1 aliphatic rings. The lowest BCUT2D eigenvalue weighted by Gasteiger charge is -2.32. The molecule has 24 heavy (non-hydrogen) atoms. The van der Waals surface area contributed by atoms with Crippen molar-refractivity contribution in [2.24, 2.45) is 0 Å². The van der Waals surface area contributed by atoms with E-state index in [1.807, 2.05) is 27.7 Å². The second-order valence-corrected chi connectivity index (χ2v) is 8.28. The van der Waals surface area contributed by atoms with Crippen LogP contribution in [-0.2, 0) is 14.1 Å². The predicted molar refractivity (Wildman–Crippen MR) is 98.6 cm³/mol. The molecule has 130 valence electrons. The maximum Gasteiger partial charge on any atom is 0.491 e. The van der Waals surface area contributed by atoms with E-state index in [2.05, 4.69) is 0 Å². The lowest BCUT2D eigenvalue weighted by atomic mass is 9.78. The highest BCUT2D eigenvalue weighted by molar-refractivity contribution is 8.13. The largest absolute Gasteiger partial charge is 0.491 e. The van der Waals surface area contributed by atoms with E-state index in [-0.39, 0.29) is 10.7 Å². The van der Waals surface area contributed by atoms with Crippen molar-refractivity contribution in [3.8, 4) is 0 Å². The van der Waals surface area contributed by atoms with Gasteiger partial charge in [0.05, 0.1) is 16.2 Å². The standard InChI is InChI=1S/C17H21BClFO3S/c1-11(21)24-10-12(9-13-14(19)7-6-8-15(13)20)18-22-16(2,3)17(4,5)23-18/h6-9H,10H2,1-5H3. The first-order valence-electron chi connectivity index (χ1n) is 7.67. The Kier molecular flexibility index (Phi) is 5.85. The molecule has 0 atom stereocenters. The van der Waals surface area contributed by atoms with Crippen molar-refractivity contribution in [1.82, 2.24) is 0 Å². The van der Waals surface area contributed by atoms with Crippen LogP contribution in [0.4, 0.5) is 4.39 Å². The average Bonchev–Trinajstić information content (AvgIpc) is 2.65. The van der Waals surface area contributed by atoms with Crippen molar-refractivity contribution in [1.29, 1.82) is 0 Å². The number of hydrogen-bond acceptors (Lipinski definition) is 4. The highest BCUT2D eigenvalue weighted by Gasteiger charge is 2.52. The summed E-state index contributed by atoms with van der Waals surface area (Å²) < 4.78 is 26.2. The van der Waals surface area contributed by atoms with Gasteiger partial charge in [-0.3, -0.25) is 4.79 Å². The summed E-state index contributed by atoms with van der Waals surface area (Å²) in [6, 6.07) is 4.52. The first-order valence-corrected chi connectivity index (χ1v) is 9.03. The SMILES string of the molecule is CC(=O)SCC(=Cc1c(F)cccc1Cl)B1OC(C)(C)C(C)(C)O1. The number of rotatable bonds is 4. The molecular weight excluding hydrogens is 350 g/mol. The molecule has 0 bridgehead atoms. The molecule has 1 aromatic rings. The predicted octanol–water partition coefficient (Wildman–Crippen LogP) is 4.77. The van der Waals surface area contributed by atoms with Crippen LogP contribution in [0.5, 0.6) is 0 Å². The summed E-state index contributed by atoms with van der Waals surface area (Å²) >= 11 is 7.24. The molecule has 0 aliphatic carbocycles. The topological polar surface area (TPSA) is 35.5 Å². The minimum atomic E-state index is -0.655. The number of thioether (sulfide) groups is 1. The van der Waals surface area contributed by atoms with E-state index in [4.69, 9.17) is 20.9 Å². The number of hydrogen-bond donors (Lipinski definition) is 0. The van der Waals surface area contributed by atoms with Gasteiger partial charge in [-0.15, -0.1) is 0 Å². The summed E-state index contributed by atoms with van der Waals surface area (Å²) in [5, 5.41) is 0.272. The highest BCUT2D eigenvalue weighted by atomic mass is 35.5. The van der Waals surface area contributed by atoms with Gasteiger partial charge in [-0.2, -0.15) is 0 Å². The van der Waals surface area contributed by atoms with Gasteiger partial charge in [-0.05, 0) is 45.3 Å². The van der Waals surface area contributed by atoms with Gasteiger partial charge in [0.25, 0.3) is 0 Å². The molecule has 0 amide bonds. The Morgan fingerprint density at radius 2 is 1.88 bits per heavy atom. The van der Waals surface area contributed by atoms with Gasteiger partial charge in [0, 0.05) is 18.2 Å². The van der Waals surface area contributed by atoms with Crippen LogP contribution in [-0.4, -0.2) is 29.2 Å². The average molecular weight is 371 g/mol. The zero-order valence-electron chi connectivity index (χ0n) is 14.5.